The molecule has 20 heavy (non-hydrogen) atoms. The predicted octanol–water partition coefficient (Wildman–Crippen LogP) is 2.42. The molecule has 6 heteroatoms. The van der Waals surface area contributed by atoms with Crippen molar-refractivity contribution >= 4 is 11.5 Å². The van der Waals surface area contributed by atoms with Gasteiger partial charge in [0.15, 0.2) is 11.9 Å². The molecular weight excluding hydrogens is 262 g/mol. The van der Waals surface area contributed by atoms with Crippen molar-refractivity contribution in [2.45, 2.75) is 38.9 Å². The Morgan fingerprint density at radius 3 is 2.80 bits per heavy atom. The summed E-state index contributed by atoms with van der Waals surface area (Å²) in [6.07, 6.45) is 0.214. The molecule has 1 fully saturated rings. The van der Waals surface area contributed by atoms with Gasteiger partial charge >= 0.3 is 0 Å². The third-order valence-electron chi connectivity index (χ3n) is 3.29. The first kappa shape index (κ1) is 14.5. The van der Waals surface area contributed by atoms with Crippen LogP contribution in [-0.2, 0) is 9.53 Å². The molecule has 0 bridgehead atoms. The first-order valence-electron chi connectivity index (χ1n) is 6.59. The number of benzene rings is 1. The molecule has 1 aromatic carbocycles. The molecule has 0 radical (unpaired) electrons. The summed E-state index contributed by atoms with van der Waals surface area (Å²) in [5.41, 5.74) is 0.477. The molecule has 0 aliphatic heterocycles. The third kappa shape index (κ3) is 2.80. The van der Waals surface area contributed by atoms with Crippen LogP contribution >= 0.6 is 0 Å². The van der Waals surface area contributed by atoms with Crippen molar-refractivity contribution < 1.29 is 19.2 Å². The summed E-state index contributed by atoms with van der Waals surface area (Å²) in [6.45, 7) is 4.10. The maximum atomic E-state index is 11.5. The highest BCUT2D eigenvalue weighted by Crippen LogP contribution is 2.31. The summed E-state index contributed by atoms with van der Waals surface area (Å²) in [5.74, 6) is 0.452. The zero-order valence-corrected chi connectivity index (χ0v) is 11.5. The van der Waals surface area contributed by atoms with E-state index in [1.165, 1.54) is 6.07 Å². The van der Waals surface area contributed by atoms with Crippen molar-refractivity contribution in [1.29, 1.82) is 0 Å². The van der Waals surface area contributed by atoms with Crippen LogP contribution in [0.2, 0.25) is 0 Å². The predicted molar refractivity (Wildman–Crippen MR) is 71.9 cm³/mol. The molecule has 6 nitrogen and oxygen atoms in total. The number of hydrogen-bond acceptors (Lipinski definition) is 5. The standard InChI is InChI=1S/C14H17NO5/c1-3-7-19-14-11(16)8-13(14)20-12-6-4-5-10(9(12)2)15(17)18/h4-6,13-14H,3,7-8H2,1-2H3. The van der Waals surface area contributed by atoms with Crippen molar-refractivity contribution in [3.05, 3.63) is 33.9 Å². The number of ether oxygens (including phenoxy) is 2. The van der Waals surface area contributed by atoms with Gasteiger partial charge in [0, 0.05) is 19.1 Å². The fourth-order valence-corrected chi connectivity index (χ4v) is 2.11. The fourth-order valence-electron chi connectivity index (χ4n) is 2.11. The van der Waals surface area contributed by atoms with E-state index in [2.05, 4.69) is 0 Å². The molecule has 108 valence electrons. The van der Waals surface area contributed by atoms with Gasteiger partial charge < -0.3 is 9.47 Å². The van der Waals surface area contributed by atoms with Gasteiger partial charge in [0.2, 0.25) is 0 Å². The molecule has 1 aliphatic carbocycles. The van der Waals surface area contributed by atoms with E-state index in [-0.39, 0.29) is 24.0 Å². The van der Waals surface area contributed by atoms with Crippen LogP contribution < -0.4 is 4.74 Å². The van der Waals surface area contributed by atoms with Crippen LogP contribution in [0, 0.1) is 17.0 Å². The number of hydrogen-bond donors (Lipinski definition) is 0. The lowest BCUT2D eigenvalue weighted by molar-refractivity contribution is -0.385. The number of Topliss-reactive ketones (excluding diaryl/α,β-unsaturated/α-hetero) is 1. The minimum absolute atomic E-state index is 0.0131. The minimum atomic E-state index is -0.548. The average Bonchev–Trinajstić information content (AvgIpc) is 2.40. The van der Waals surface area contributed by atoms with Gasteiger partial charge in [0.25, 0.3) is 5.69 Å². The largest absolute Gasteiger partial charge is 0.486 e. The number of ketones is 1. The molecule has 1 aliphatic rings. The van der Waals surface area contributed by atoms with E-state index in [1.807, 2.05) is 6.92 Å². The van der Waals surface area contributed by atoms with Crippen molar-refractivity contribution in [3.8, 4) is 5.75 Å². The topological polar surface area (TPSA) is 78.7 Å². The number of carbonyl (C=O) groups is 1. The molecule has 2 unspecified atom stereocenters. The van der Waals surface area contributed by atoms with Crippen LogP contribution in [0.25, 0.3) is 0 Å². The van der Waals surface area contributed by atoms with Gasteiger partial charge in [-0.05, 0) is 19.4 Å². The lowest BCUT2D eigenvalue weighted by atomic mass is 9.89. The van der Waals surface area contributed by atoms with Crippen LogP contribution in [0.3, 0.4) is 0 Å². The molecule has 0 amide bonds. The van der Waals surface area contributed by atoms with Gasteiger partial charge in [0.05, 0.1) is 10.5 Å². The zero-order chi connectivity index (χ0) is 14.7. The Morgan fingerprint density at radius 1 is 1.45 bits per heavy atom. The van der Waals surface area contributed by atoms with Crippen LogP contribution in [0.15, 0.2) is 18.2 Å². The van der Waals surface area contributed by atoms with Crippen LogP contribution in [0.5, 0.6) is 5.75 Å². The molecule has 2 rings (SSSR count). The Bertz CT molecular complexity index is 528. The van der Waals surface area contributed by atoms with E-state index in [9.17, 15) is 14.9 Å². The zero-order valence-electron chi connectivity index (χ0n) is 11.5. The van der Waals surface area contributed by atoms with Gasteiger partial charge in [-0.2, -0.15) is 0 Å². The summed E-state index contributed by atoms with van der Waals surface area (Å²) in [6, 6.07) is 4.67. The molecule has 0 aromatic heterocycles. The monoisotopic (exact) mass is 279 g/mol. The van der Waals surface area contributed by atoms with Crippen LogP contribution in [0.4, 0.5) is 5.69 Å². The molecule has 2 atom stereocenters. The van der Waals surface area contributed by atoms with E-state index in [1.54, 1.807) is 19.1 Å². The molecule has 0 heterocycles. The van der Waals surface area contributed by atoms with Gasteiger partial charge in [-0.25, -0.2) is 0 Å². The molecular formula is C14H17NO5. The molecule has 0 spiro atoms. The van der Waals surface area contributed by atoms with Crippen molar-refractivity contribution in [2.24, 2.45) is 0 Å². The quantitative estimate of drug-likeness (QED) is 0.590. The highest BCUT2D eigenvalue weighted by atomic mass is 16.6. The maximum absolute atomic E-state index is 11.5. The van der Waals surface area contributed by atoms with Gasteiger partial charge in [-0.3, -0.25) is 14.9 Å². The second-order valence-corrected chi connectivity index (χ2v) is 4.78. The Kier molecular flexibility index (Phi) is 4.34. The Balaban J connectivity index is 2.09. The number of carbonyl (C=O) groups excluding carboxylic acids is 1. The first-order chi connectivity index (χ1) is 9.54. The van der Waals surface area contributed by atoms with E-state index < -0.39 is 11.0 Å². The Hall–Kier alpha value is -1.95. The first-order valence-corrected chi connectivity index (χ1v) is 6.59. The van der Waals surface area contributed by atoms with E-state index in [0.717, 1.165) is 6.42 Å². The second-order valence-electron chi connectivity index (χ2n) is 4.78. The van der Waals surface area contributed by atoms with Crippen molar-refractivity contribution in [2.75, 3.05) is 6.61 Å². The number of rotatable bonds is 6. The number of nitro benzene ring substituents is 1. The lowest BCUT2D eigenvalue weighted by Crippen LogP contribution is -2.52. The molecule has 0 saturated heterocycles. The van der Waals surface area contributed by atoms with Crippen LogP contribution in [0.1, 0.15) is 25.3 Å². The lowest BCUT2D eigenvalue weighted by Gasteiger charge is -2.34. The van der Waals surface area contributed by atoms with Crippen molar-refractivity contribution in [3.63, 3.8) is 0 Å². The van der Waals surface area contributed by atoms with E-state index in [0.29, 0.717) is 17.9 Å². The summed E-state index contributed by atoms with van der Waals surface area (Å²) >= 11 is 0. The van der Waals surface area contributed by atoms with Gasteiger partial charge in [0.1, 0.15) is 11.9 Å². The minimum Gasteiger partial charge on any atom is -0.486 e. The van der Waals surface area contributed by atoms with Gasteiger partial charge in [-0.15, -0.1) is 0 Å². The molecule has 1 saturated carbocycles. The molecule has 1 aromatic rings. The summed E-state index contributed by atoms with van der Waals surface area (Å²) in [4.78, 5) is 21.9. The second kappa shape index (κ2) is 6.00. The SMILES string of the molecule is CCCOC1C(=O)CC1Oc1cccc([N+](=O)[O-])c1C. The maximum Gasteiger partial charge on any atom is 0.276 e. The fraction of sp³-hybridized carbons (Fsp3) is 0.500. The third-order valence-corrected chi connectivity index (χ3v) is 3.29. The average molecular weight is 279 g/mol. The molecule has 0 N–H and O–H groups in total. The Morgan fingerprint density at radius 2 is 2.20 bits per heavy atom. The smallest absolute Gasteiger partial charge is 0.276 e. The van der Waals surface area contributed by atoms with Gasteiger partial charge in [-0.1, -0.05) is 13.0 Å². The number of nitro groups is 1. The normalized spacial score (nSPS) is 21.4. The number of nitrogens with zero attached hydrogens (tertiary/aromatic N) is 1. The van der Waals surface area contributed by atoms with E-state index in [4.69, 9.17) is 9.47 Å². The summed E-state index contributed by atoms with van der Waals surface area (Å²) in [7, 11) is 0. The summed E-state index contributed by atoms with van der Waals surface area (Å²) in [5, 5.41) is 10.9. The highest BCUT2D eigenvalue weighted by Gasteiger charge is 2.43. The summed E-state index contributed by atoms with van der Waals surface area (Å²) < 4.78 is 11.1. The highest BCUT2D eigenvalue weighted by molar-refractivity contribution is 5.90. The van der Waals surface area contributed by atoms with Crippen LogP contribution in [-0.4, -0.2) is 29.5 Å². The Labute approximate surface area is 116 Å². The van der Waals surface area contributed by atoms with E-state index >= 15 is 0 Å². The van der Waals surface area contributed by atoms with Crippen molar-refractivity contribution in [1.82, 2.24) is 0 Å².